The minimum atomic E-state index is -0.943. The Morgan fingerprint density at radius 3 is 2.65 bits per heavy atom. The number of hydrogen-bond acceptors (Lipinski definition) is 5. The fraction of sp³-hybridized carbons (Fsp3) is 0.333. The molecular formula is C12H16ClN3O4. The topological polar surface area (TPSA) is 103 Å². The highest BCUT2D eigenvalue weighted by Gasteiger charge is 2.14. The van der Waals surface area contributed by atoms with E-state index in [1.165, 1.54) is 7.11 Å². The molecule has 0 aliphatic carbocycles. The molecule has 0 aliphatic rings. The summed E-state index contributed by atoms with van der Waals surface area (Å²) in [5.74, 6) is -0.0433. The van der Waals surface area contributed by atoms with Gasteiger partial charge in [-0.1, -0.05) is 11.6 Å². The predicted molar refractivity (Wildman–Crippen MR) is 74.0 cm³/mol. The lowest BCUT2D eigenvalue weighted by atomic mass is 10.2. The molecule has 1 rings (SSSR count). The third kappa shape index (κ3) is 4.60. The molecule has 110 valence electrons. The van der Waals surface area contributed by atoms with E-state index in [1.54, 1.807) is 19.2 Å². The molecule has 3 amide bonds. The van der Waals surface area contributed by atoms with Gasteiger partial charge >= 0.3 is 6.03 Å². The lowest BCUT2D eigenvalue weighted by molar-refractivity contribution is -0.121. The van der Waals surface area contributed by atoms with Crippen molar-refractivity contribution < 1.29 is 19.1 Å². The molecule has 0 fully saturated rings. The molecule has 0 radical (unpaired) electrons. The van der Waals surface area contributed by atoms with Crippen LogP contribution in [0.15, 0.2) is 12.1 Å². The summed E-state index contributed by atoms with van der Waals surface area (Å²) in [5.41, 5.74) is 5.72. The first-order valence-corrected chi connectivity index (χ1v) is 6.08. The highest BCUT2D eigenvalue weighted by Crippen LogP contribution is 2.36. The Labute approximate surface area is 121 Å². The number of primary amides is 1. The maximum absolute atomic E-state index is 11.3. The zero-order chi connectivity index (χ0) is 15.1. The summed E-state index contributed by atoms with van der Waals surface area (Å²) in [6, 6.07) is 2.49. The average molecular weight is 302 g/mol. The smallest absolute Gasteiger partial charge is 0.318 e. The molecule has 0 spiro atoms. The van der Waals surface area contributed by atoms with E-state index in [2.05, 4.69) is 5.32 Å². The second-order valence-electron chi connectivity index (χ2n) is 3.84. The fourth-order valence-corrected chi connectivity index (χ4v) is 1.82. The lowest BCUT2D eigenvalue weighted by Gasteiger charge is -2.13. The number of ether oxygens (including phenoxy) is 2. The molecule has 0 aliphatic heterocycles. The minimum absolute atomic E-state index is 0.230. The normalized spacial score (nSPS) is 9.95. The summed E-state index contributed by atoms with van der Waals surface area (Å²) in [6.07, 6.45) is 0. The molecule has 0 saturated heterocycles. The molecule has 8 heteroatoms. The molecule has 0 atom stereocenters. The van der Waals surface area contributed by atoms with Crippen molar-refractivity contribution in [3.05, 3.63) is 22.7 Å². The van der Waals surface area contributed by atoms with Crippen molar-refractivity contribution in [1.82, 2.24) is 10.6 Å². The largest absolute Gasteiger partial charge is 0.493 e. The molecule has 20 heavy (non-hydrogen) atoms. The van der Waals surface area contributed by atoms with Gasteiger partial charge in [-0.15, -0.1) is 0 Å². The zero-order valence-corrected chi connectivity index (χ0v) is 11.9. The molecule has 4 N–H and O–H groups in total. The van der Waals surface area contributed by atoms with E-state index >= 15 is 0 Å². The molecular weight excluding hydrogens is 286 g/mol. The molecule has 0 aromatic heterocycles. The van der Waals surface area contributed by atoms with Crippen molar-refractivity contribution in [3.8, 4) is 11.5 Å². The maximum Gasteiger partial charge on any atom is 0.318 e. The Bertz CT molecular complexity index is 508. The monoisotopic (exact) mass is 301 g/mol. The van der Waals surface area contributed by atoms with Crippen LogP contribution in [0.3, 0.4) is 0 Å². The van der Waals surface area contributed by atoms with Gasteiger partial charge in [0.05, 0.1) is 12.1 Å². The third-order valence-electron chi connectivity index (χ3n) is 2.28. The van der Waals surface area contributed by atoms with Gasteiger partial charge in [0.15, 0.2) is 18.1 Å². The van der Waals surface area contributed by atoms with Crippen LogP contribution in [0.25, 0.3) is 0 Å². The van der Waals surface area contributed by atoms with Gasteiger partial charge in [0, 0.05) is 6.54 Å². The van der Waals surface area contributed by atoms with Crippen LogP contribution in [0.5, 0.6) is 11.5 Å². The average Bonchev–Trinajstić information content (AvgIpc) is 2.36. The molecule has 1 aromatic carbocycles. The van der Waals surface area contributed by atoms with Crippen molar-refractivity contribution in [2.45, 2.75) is 6.54 Å². The van der Waals surface area contributed by atoms with E-state index in [-0.39, 0.29) is 5.75 Å². The first-order chi connectivity index (χ1) is 9.47. The third-order valence-corrected chi connectivity index (χ3v) is 2.56. The Morgan fingerprint density at radius 1 is 1.40 bits per heavy atom. The number of hydrogen-bond donors (Lipinski definition) is 3. The van der Waals surface area contributed by atoms with Gasteiger partial charge in [-0.25, -0.2) is 4.79 Å². The number of halogens is 1. The molecule has 7 nitrogen and oxygen atoms in total. The summed E-state index contributed by atoms with van der Waals surface area (Å²) >= 11 is 6.08. The van der Waals surface area contributed by atoms with Crippen molar-refractivity contribution in [3.63, 3.8) is 0 Å². The van der Waals surface area contributed by atoms with Crippen molar-refractivity contribution in [1.29, 1.82) is 0 Å². The predicted octanol–water partition coefficient (Wildman–Crippen LogP) is 0.642. The highest BCUT2D eigenvalue weighted by molar-refractivity contribution is 6.32. The standard InChI is InChI=1S/C12H16ClN3O4/c1-15-5-7-3-8(13)11(9(4-7)19-2)20-6-10(17)16-12(14)18/h3-4,15H,5-6H2,1-2H3,(H3,14,16,17,18). The number of imide groups is 1. The van der Waals surface area contributed by atoms with Crippen LogP contribution in [-0.4, -0.2) is 32.7 Å². The molecule has 0 heterocycles. The van der Waals surface area contributed by atoms with Crippen molar-refractivity contribution in [2.24, 2.45) is 5.73 Å². The van der Waals surface area contributed by atoms with Crippen LogP contribution < -0.4 is 25.8 Å². The Balaban J connectivity index is 2.83. The summed E-state index contributed by atoms with van der Waals surface area (Å²) in [4.78, 5) is 21.8. The van der Waals surface area contributed by atoms with E-state index in [0.29, 0.717) is 17.3 Å². The number of urea groups is 1. The number of nitrogens with one attached hydrogen (secondary N) is 2. The van der Waals surface area contributed by atoms with E-state index in [1.807, 2.05) is 5.32 Å². The van der Waals surface area contributed by atoms with Gasteiger partial charge < -0.3 is 20.5 Å². The molecule has 1 aromatic rings. The first kappa shape index (κ1) is 16.1. The first-order valence-electron chi connectivity index (χ1n) is 5.71. The lowest BCUT2D eigenvalue weighted by Crippen LogP contribution is -2.38. The molecule has 0 bridgehead atoms. The SMILES string of the molecule is CNCc1cc(Cl)c(OCC(=O)NC(N)=O)c(OC)c1. The van der Waals surface area contributed by atoms with Crippen LogP contribution in [-0.2, 0) is 11.3 Å². The summed E-state index contributed by atoms with van der Waals surface area (Å²) in [7, 11) is 3.27. The number of nitrogens with two attached hydrogens (primary N) is 1. The van der Waals surface area contributed by atoms with Gasteiger partial charge in [0.1, 0.15) is 0 Å². The number of amides is 3. The second-order valence-corrected chi connectivity index (χ2v) is 4.25. The summed E-state index contributed by atoms with van der Waals surface area (Å²) in [5, 5.41) is 5.17. The maximum atomic E-state index is 11.3. The highest BCUT2D eigenvalue weighted by atomic mass is 35.5. The number of carbonyl (C=O) groups excluding carboxylic acids is 2. The van der Waals surface area contributed by atoms with Crippen LogP contribution >= 0.6 is 11.6 Å². The zero-order valence-electron chi connectivity index (χ0n) is 11.2. The number of carbonyl (C=O) groups is 2. The fourth-order valence-electron chi connectivity index (χ4n) is 1.53. The summed E-state index contributed by atoms with van der Waals surface area (Å²) < 4.78 is 10.4. The van der Waals surface area contributed by atoms with Gasteiger partial charge in [-0.3, -0.25) is 10.1 Å². The van der Waals surface area contributed by atoms with E-state index < -0.39 is 18.5 Å². The van der Waals surface area contributed by atoms with Gasteiger partial charge in [-0.05, 0) is 24.7 Å². The van der Waals surface area contributed by atoms with Crippen molar-refractivity contribution in [2.75, 3.05) is 20.8 Å². The molecule has 0 unspecified atom stereocenters. The van der Waals surface area contributed by atoms with Crippen LogP contribution in [0.4, 0.5) is 4.79 Å². The summed E-state index contributed by atoms with van der Waals surface area (Å²) in [6.45, 7) is 0.211. The minimum Gasteiger partial charge on any atom is -0.493 e. The molecule has 0 saturated carbocycles. The van der Waals surface area contributed by atoms with E-state index in [0.717, 1.165) is 5.56 Å². The number of methoxy groups -OCH3 is 1. The van der Waals surface area contributed by atoms with E-state index in [4.69, 9.17) is 26.8 Å². The quantitative estimate of drug-likeness (QED) is 0.715. The van der Waals surface area contributed by atoms with Gasteiger partial charge in [-0.2, -0.15) is 0 Å². The van der Waals surface area contributed by atoms with Crippen LogP contribution in [0, 0.1) is 0 Å². The van der Waals surface area contributed by atoms with Gasteiger partial charge in [0.25, 0.3) is 5.91 Å². The van der Waals surface area contributed by atoms with Crippen LogP contribution in [0.1, 0.15) is 5.56 Å². The Morgan fingerprint density at radius 2 is 2.10 bits per heavy atom. The Hall–Kier alpha value is -1.99. The van der Waals surface area contributed by atoms with Gasteiger partial charge in [0.2, 0.25) is 0 Å². The van der Waals surface area contributed by atoms with Crippen LogP contribution in [0.2, 0.25) is 5.02 Å². The number of rotatable bonds is 6. The second kappa shape index (κ2) is 7.56. The van der Waals surface area contributed by atoms with E-state index in [9.17, 15) is 9.59 Å². The van der Waals surface area contributed by atoms with Crippen molar-refractivity contribution >= 4 is 23.5 Å². The Kier molecular flexibility index (Phi) is 6.08. The number of benzene rings is 1.